The van der Waals surface area contributed by atoms with Gasteiger partial charge in [0.25, 0.3) is 5.91 Å². The van der Waals surface area contributed by atoms with Gasteiger partial charge in [-0.1, -0.05) is 31.2 Å². The largest absolute Gasteiger partial charge is 0.487 e. The molecule has 1 saturated heterocycles. The summed E-state index contributed by atoms with van der Waals surface area (Å²) < 4.78 is 6.16. The molecule has 0 spiro atoms. The topological polar surface area (TPSA) is 41.6 Å². The molecule has 1 amide bonds. The molecule has 0 aromatic heterocycles. The Balaban J connectivity index is 1.44. The standard InChI is InChI=1S/C26H34N2O2/c1-18-7-12-22-23(15-26(3,4)30-24(22)14-18)27-25(29)21-10-8-20(9-11-21)17-28-13-5-6-19(2)16-28/h7-12,14,19,23H,5-6,13,15-17H2,1-4H3,(H,27,29). The second-order valence-electron chi connectivity index (χ2n) is 9.81. The third-order valence-corrected chi connectivity index (χ3v) is 6.30. The summed E-state index contributed by atoms with van der Waals surface area (Å²) in [7, 11) is 0. The van der Waals surface area contributed by atoms with E-state index < -0.39 is 0 Å². The van der Waals surface area contributed by atoms with Crippen molar-refractivity contribution in [3.05, 3.63) is 64.7 Å². The summed E-state index contributed by atoms with van der Waals surface area (Å²) in [5, 5.41) is 3.24. The van der Waals surface area contributed by atoms with Gasteiger partial charge in [-0.3, -0.25) is 9.69 Å². The maximum absolute atomic E-state index is 13.0. The predicted molar refractivity (Wildman–Crippen MR) is 121 cm³/mol. The zero-order chi connectivity index (χ0) is 21.3. The zero-order valence-electron chi connectivity index (χ0n) is 18.7. The average Bonchev–Trinajstić information content (AvgIpc) is 2.67. The van der Waals surface area contributed by atoms with Crippen LogP contribution in [0.3, 0.4) is 0 Å². The highest BCUT2D eigenvalue weighted by Gasteiger charge is 2.34. The number of rotatable bonds is 4. The molecule has 2 aliphatic rings. The Hall–Kier alpha value is -2.33. The number of nitrogens with zero attached hydrogens (tertiary/aromatic N) is 1. The van der Waals surface area contributed by atoms with Crippen molar-refractivity contribution in [3.63, 3.8) is 0 Å². The fourth-order valence-corrected chi connectivity index (χ4v) is 4.78. The normalized spacial score (nSPS) is 23.3. The lowest BCUT2D eigenvalue weighted by Crippen LogP contribution is -2.41. The fourth-order valence-electron chi connectivity index (χ4n) is 4.78. The van der Waals surface area contributed by atoms with Crippen molar-refractivity contribution in [3.8, 4) is 5.75 Å². The van der Waals surface area contributed by atoms with E-state index in [2.05, 4.69) is 68.2 Å². The highest BCUT2D eigenvalue weighted by Crippen LogP contribution is 2.40. The number of fused-ring (bicyclic) bond motifs is 1. The third-order valence-electron chi connectivity index (χ3n) is 6.30. The Bertz CT molecular complexity index is 904. The monoisotopic (exact) mass is 406 g/mol. The first kappa shape index (κ1) is 20.9. The third kappa shape index (κ3) is 4.86. The number of carbonyl (C=O) groups is 1. The number of aryl methyl sites for hydroxylation is 1. The van der Waals surface area contributed by atoms with Crippen LogP contribution in [0.4, 0.5) is 0 Å². The van der Waals surface area contributed by atoms with E-state index in [4.69, 9.17) is 4.74 Å². The van der Waals surface area contributed by atoms with E-state index in [9.17, 15) is 4.79 Å². The van der Waals surface area contributed by atoms with Crippen molar-refractivity contribution in [1.29, 1.82) is 0 Å². The van der Waals surface area contributed by atoms with E-state index in [0.29, 0.717) is 5.56 Å². The summed E-state index contributed by atoms with van der Waals surface area (Å²) >= 11 is 0. The van der Waals surface area contributed by atoms with Gasteiger partial charge in [-0.2, -0.15) is 0 Å². The van der Waals surface area contributed by atoms with Gasteiger partial charge in [0.2, 0.25) is 0 Å². The minimum Gasteiger partial charge on any atom is -0.487 e. The highest BCUT2D eigenvalue weighted by atomic mass is 16.5. The summed E-state index contributed by atoms with van der Waals surface area (Å²) in [5.41, 5.74) is 3.89. The molecule has 4 rings (SSSR count). The molecule has 4 heteroatoms. The van der Waals surface area contributed by atoms with Crippen molar-refractivity contribution in [1.82, 2.24) is 10.2 Å². The number of likely N-dealkylation sites (tertiary alicyclic amines) is 1. The summed E-state index contributed by atoms with van der Waals surface area (Å²) in [6.07, 6.45) is 3.37. The van der Waals surface area contributed by atoms with Crippen LogP contribution in [0.15, 0.2) is 42.5 Å². The molecule has 0 radical (unpaired) electrons. The van der Waals surface area contributed by atoms with Crippen LogP contribution in [0, 0.1) is 12.8 Å². The van der Waals surface area contributed by atoms with Crippen molar-refractivity contribution in [2.45, 2.75) is 65.1 Å². The van der Waals surface area contributed by atoms with Gasteiger partial charge in [0.1, 0.15) is 11.4 Å². The first-order valence-corrected chi connectivity index (χ1v) is 11.2. The lowest BCUT2D eigenvalue weighted by Gasteiger charge is -2.38. The molecule has 2 unspecified atom stereocenters. The van der Waals surface area contributed by atoms with Gasteiger partial charge in [0, 0.05) is 30.6 Å². The van der Waals surface area contributed by atoms with E-state index >= 15 is 0 Å². The molecule has 2 aromatic rings. The van der Waals surface area contributed by atoms with Crippen LogP contribution in [0.5, 0.6) is 5.75 Å². The Morgan fingerprint density at radius 3 is 2.70 bits per heavy atom. The van der Waals surface area contributed by atoms with Crippen LogP contribution in [0.2, 0.25) is 0 Å². The molecule has 4 nitrogen and oxygen atoms in total. The van der Waals surface area contributed by atoms with Gasteiger partial charge in [0.05, 0.1) is 6.04 Å². The van der Waals surface area contributed by atoms with Gasteiger partial charge in [-0.25, -0.2) is 0 Å². The fraction of sp³-hybridized carbons (Fsp3) is 0.500. The Labute approximate surface area is 180 Å². The predicted octanol–water partition coefficient (Wildman–Crippen LogP) is 5.26. The molecule has 0 aliphatic carbocycles. The van der Waals surface area contributed by atoms with Gasteiger partial charge in [-0.05, 0) is 75.4 Å². The van der Waals surface area contributed by atoms with Gasteiger partial charge < -0.3 is 10.1 Å². The van der Waals surface area contributed by atoms with Crippen LogP contribution in [-0.2, 0) is 6.54 Å². The number of carbonyl (C=O) groups excluding carboxylic acids is 1. The minimum absolute atomic E-state index is 0.0256. The molecular weight excluding hydrogens is 372 g/mol. The minimum atomic E-state index is -0.311. The summed E-state index contributed by atoms with van der Waals surface area (Å²) in [6, 6.07) is 14.3. The van der Waals surface area contributed by atoms with Gasteiger partial charge in [-0.15, -0.1) is 0 Å². The quantitative estimate of drug-likeness (QED) is 0.753. The first-order chi connectivity index (χ1) is 14.3. The molecule has 2 heterocycles. The van der Waals surface area contributed by atoms with Crippen LogP contribution in [-0.4, -0.2) is 29.5 Å². The molecule has 0 bridgehead atoms. The molecule has 30 heavy (non-hydrogen) atoms. The lowest BCUT2D eigenvalue weighted by molar-refractivity contribution is 0.0619. The molecule has 2 aliphatic heterocycles. The molecule has 2 atom stereocenters. The van der Waals surface area contributed by atoms with E-state index in [1.165, 1.54) is 31.5 Å². The first-order valence-electron chi connectivity index (χ1n) is 11.2. The van der Waals surface area contributed by atoms with Crippen molar-refractivity contribution >= 4 is 5.91 Å². The van der Waals surface area contributed by atoms with Gasteiger partial charge >= 0.3 is 0 Å². The Kier molecular flexibility index (Phi) is 5.88. The van der Waals surface area contributed by atoms with E-state index in [0.717, 1.165) is 35.8 Å². The number of hydrogen-bond donors (Lipinski definition) is 1. The number of hydrogen-bond acceptors (Lipinski definition) is 3. The summed E-state index contributed by atoms with van der Waals surface area (Å²) in [6.45, 7) is 11.8. The van der Waals surface area contributed by atoms with Crippen LogP contribution in [0.25, 0.3) is 0 Å². The zero-order valence-corrected chi connectivity index (χ0v) is 18.7. The molecule has 1 fully saturated rings. The second-order valence-corrected chi connectivity index (χ2v) is 9.81. The summed E-state index contributed by atoms with van der Waals surface area (Å²) in [4.78, 5) is 15.5. The van der Waals surface area contributed by atoms with Crippen molar-refractivity contribution < 1.29 is 9.53 Å². The Morgan fingerprint density at radius 1 is 1.20 bits per heavy atom. The number of benzene rings is 2. The molecule has 1 N–H and O–H groups in total. The van der Waals surface area contributed by atoms with Crippen molar-refractivity contribution in [2.75, 3.05) is 13.1 Å². The van der Waals surface area contributed by atoms with Crippen molar-refractivity contribution in [2.24, 2.45) is 5.92 Å². The van der Waals surface area contributed by atoms with E-state index in [1.54, 1.807) is 0 Å². The smallest absolute Gasteiger partial charge is 0.251 e. The molecule has 160 valence electrons. The number of ether oxygens (including phenoxy) is 1. The number of piperidine rings is 1. The Morgan fingerprint density at radius 2 is 1.97 bits per heavy atom. The number of amides is 1. The van der Waals surface area contributed by atoms with E-state index in [1.807, 2.05) is 12.1 Å². The summed E-state index contributed by atoms with van der Waals surface area (Å²) in [5.74, 6) is 1.63. The lowest BCUT2D eigenvalue weighted by atomic mass is 9.89. The van der Waals surface area contributed by atoms with Crippen LogP contribution in [0.1, 0.15) is 73.1 Å². The maximum Gasteiger partial charge on any atom is 0.251 e. The van der Waals surface area contributed by atoms with Gasteiger partial charge in [0.15, 0.2) is 0 Å². The number of nitrogens with one attached hydrogen (secondary N) is 1. The SMILES string of the molecule is Cc1ccc2c(c1)OC(C)(C)CC2NC(=O)c1ccc(CN2CCCC(C)C2)cc1. The molecular formula is C26H34N2O2. The molecule has 0 saturated carbocycles. The maximum atomic E-state index is 13.0. The van der Waals surface area contributed by atoms with E-state index in [-0.39, 0.29) is 17.6 Å². The van der Waals surface area contributed by atoms with Crippen LogP contribution < -0.4 is 10.1 Å². The van der Waals surface area contributed by atoms with Crippen LogP contribution >= 0.6 is 0 Å². The highest BCUT2D eigenvalue weighted by molar-refractivity contribution is 5.94. The second kappa shape index (κ2) is 8.43. The average molecular weight is 407 g/mol. The molecule has 2 aromatic carbocycles.